The number of nitro benzene ring substituents is 1. The number of benzene rings is 1. The summed E-state index contributed by atoms with van der Waals surface area (Å²) in [5.74, 6) is -1.75. The molecule has 0 unspecified atom stereocenters. The molecular formula is C17H21N3O7. The zero-order valence-electron chi connectivity index (χ0n) is 15.0. The standard InChI is InChI=1S/C17H21N3O7/c1-10-8-11(5-6-12(10)20(25)26)16(23)19-7-3-4-13(19)15(22)18-9-14(21)17(24)27-2/h5-6,8,13-14,21H,3-4,7,9H2,1-2H3,(H,18,22)/t13-,14+/m1/s1. The molecule has 1 aromatic carbocycles. The zero-order chi connectivity index (χ0) is 20.1. The van der Waals surface area contributed by atoms with Gasteiger partial charge in [-0.3, -0.25) is 19.7 Å². The number of likely N-dealkylation sites (tertiary alicyclic amines) is 1. The van der Waals surface area contributed by atoms with Crippen molar-refractivity contribution in [3.63, 3.8) is 0 Å². The monoisotopic (exact) mass is 379 g/mol. The Labute approximate surface area is 155 Å². The van der Waals surface area contributed by atoms with Gasteiger partial charge in [0, 0.05) is 23.7 Å². The summed E-state index contributed by atoms with van der Waals surface area (Å²) < 4.78 is 4.37. The minimum absolute atomic E-state index is 0.0842. The SMILES string of the molecule is COC(=O)[C@@H](O)CNC(=O)[C@H]1CCCN1C(=O)c1ccc([N+](=O)[O-])c(C)c1. The fourth-order valence-corrected chi connectivity index (χ4v) is 2.98. The van der Waals surface area contributed by atoms with Gasteiger partial charge in [0.15, 0.2) is 6.10 Å². The van der Waals surface area contributed by atoms with Crippen LogP contribution < -0.4 is 5.32 Å². The molecule has 1 aliphatic rings. The van der Waals surface area contributed by atoms with Crippen LogP contribution in [-0.2, 0) is 14.3 Å². The van der Waals surface area contributed by atoms with Crippen LogP contribution in [0.4, 0.5) is 5.69 Å². The summed E-state index contributed by atoms with van der Waals surface area (Å²) in [4.78, 5) is 48.0. The number of aliphatic hydroxyl groups is 1. The van der Waals surface area contributed by atoms with Crippen LogP contribution in [0.3, 0.4) is 0 Å². The maximum absolute atomic E-state index is 12.7. The van der Waals surface area contributed by atoms with Gasteiger partial charge in [-0.15, -0.1) is 0 Å². The van der Waals surface area contributed by atoms with Crippen molar-refractivity contribution in [1.29, 1.82) is 0 Å². The molecule has 27 heavy (non-hydrogen) atoms. The summed E-state index contributed by atoms with van der Waals surface area (Å²) in [6, 6.07) is 3.31. The number of rotatable bonds is 6. The Balaban J connectivity index is 2.07. The number of hydrogen-bond acceptors (Lipinski definition) is 7. The number of nitro groups is 1. The summed E-state index contributed by atoms with van der Waals surface area (Å²) in [5.41, 5.74) is 0.527. The van der Waals surface area contributed by atoms with E-state index in [-0.39, 0.29) is 17.8 Å². The van der Waals surface area contributed by atoms with Crippen LogP contribution >= 0.6 is 0 Å². The fraction of sp³-hybridized carbons (Fsp3) is 0.471. The Kier molecular flexibility index (Phi) is 6.45. The van der Waals surface area contributed by atoms with E-state index in [0.717, 1.165) is 7.11 Å². The topological polar surface area (TPSA) is 139 Å². The fourth-order valence-electron chi connectivity index (χ4n) is 2.98. The van der Waals surface area contributed by atoms with E-state index in [0.29, 0.717) is 24.9 Å². The van der Waals surface area contributed by atoms with Crippen molar-refractivity contribution in [2.75, 3.05) is 20.2 Å². The lowest BCUT2D eigenvalue weighted by molar-refractivity contribution is -0.385. The van der Waals surface area contributed by atoms with Crippen LogP contribution in [0.1, 0.15) is 28.8 Å². The first kappa shape index (κ1) is 20.3. The van der Waals surface area contributed by atoms with Crippen LogP contribution in [0.25, 0.3) is 0 Å². The minimum atomic E-state index is -1.48. The number of ether oxygens (including phenoxy) is 1. The lowest BCUT2D eigenvalue weighted by Crippen LogP contribution is -2.48. The molecule has 1 aromatic rings. The van der Waals surface area contributed by atoms with Gasteiger partial charge in [0.25, 0.3) is 11.6 Å². The van der Waals surface area contributed by atoms with Gasteiger partial charge in [-0.25, -0.2) is 4.79 Å². The smallest absolute Gasteiger partial charge is 0.336 e. The number of hydrogen-bond donors (Lipinski definition) is 2. The summed E-state index contributed by atoms with van der Waals surface area (Å²) in [6.07, 6.45) is -0.422. The third-order valence-electron chi connectivity index (χ3n) is 4.40. The molecule has 10 nitrogen and oxygen atoms in total. The number of amides is 2. The Hall–Kier alpha value is -3.01. The van der Waals surface area contributed by atoms with Gasteiger partial charge in [0.05, 0.1) is 18.6 Å². The highest BCUT2D eigenvalue weighted by Crippen LogP contribution is 2.24. The molecule has 2 rings (SSSR count). The number of nitrogens with one attached hydrogen (secondary N) is 1. The molecular weight excluding hydrogens is 358 g/mol. The zero-order valence-corrected chi connectivity index (χ0v) is 15.0. The highest BCUT2D eigenvalue weighted by molar-refractivity contribution is 5.98. The molecule has 146 valence electrons. The number of carbonyl (C=O) groups excluding carboxylic acids is 3. The molecule has 0 radical (unpaired) electrons. The number of aryl methyl sites for hydroxylation is 1. The second-order valence-electron chi connectivity index (χ2n) is 6.20. The molecule has 1 aliphatic heterocycles. The minimum Gasteiger partial charge on any atom is -0.467 e. The summed E-state index contributed by atoms with van der Waals surface area (Å²) >= 11 is 0. The van der Waals surface area contributed by atoms with E-state index in [1.54, 1.807) is 0 Å². The van der Waals surface area contributed by atoms with Crippen molar-refractivity contribution >= 4 is 23.5 Å². The van der Waals surface area contributed by atoms with Crippen molar-refractivity contribution in [2.45, 2.75) is 31.9 Å². The predicted molar refractivity (Wildman–Crippen MR) is 92.9 cm³/mol. The van der Waals surface area contributed by atoms with Crippen molar-refractivity contribution in [3.05, 3.63) is 39.4 Å². The van der Waals surface area contributed by atoms with Crippen LogP contribution in [0.2, 0.25) is 0 Å². The molecule has 1 heterocycles. The van der Waals surface area contributed by atoms with Gasteiger partial charge in [0.2, 0.25) is 5.91 Å². The number of aliphatic hydroxyl groups excluding tert-OH is 1. The summed E-state index contributed by atoms with van der Waals surface area (Å²) in [5, 5.41) is 22.9. The molecule has 0 aromatic heterocycles. The molecule has 0 bridgehead atoms. The molecule has 2 atom stereocenters. The van der Waals surface area contributed by atoms with E-state index in [4.69, 9.17) is 0 Å². The van der Waals surface area contributed by atoms with Gasteiger partial charge in [-0.1, -0.05) is 0 Å². The lowest BCUT2D eigenvalue weighted by Gasteiger charge is -2.24. The Morgan fingerprint density at radius 1 is 1.44 bits per heavy atom. The molecule has 2 N–H and O–H groups in total. The second-order valence-corrected chi connectivity index (χ2v) is 6.20. The average molecular weight is 379 g/mol. The van der Waals surface area contributed by atoms with E-state index in [1.807, 2.05) is 0 Å². The van der Waals surface area contributed by atoms with Crippen molar-refractivity contribution in [3.8, 4) is 0 Å². The third-order valence-corrected chi connectivity index (χ3v) is 4.40. The molecule has 2 amide bonds. The van der Waals surface area contributed by atoms with Crippen LogP contribution in [-0.4, -0.2) is 65.1 Å². The molecule has 10 heteroatoms. The van der Waals surface area contributed by atoms with Crippen molar-refractivity contribution in [1.82, 2.24) is 10.2 Å². The molecule has 1 fully saturated rings. The first-order chi connectivity index (χ1) is 12.8. The van der Waals surface area contributed by atoms with E-state index in [2.05, 4.69) is 10.1 Å². The van der Waals surface area contributed by atoms with E-state index in [1.165, 1.54) is 30.0 Å². The quantitative estimate of drug-likeness (QED) is 0.408. The molecule has 0 spiro atoms. The number of nitrogens with zero attached hydrogens (tertiary/aromatic N) is 2. The Morgan fingerprint density at radius 3 is 2.74 bits per heavy atom. The molecule has 1 saturated heterocycles. The number of carbonyl (C=O) groups is 3. The van der Waals surface area contributed by atoms with Crippen molar-refractivity contribution in [2.24, 2.45) is 0 Å². The van der Waals surface area contributed by atoms with E-state index < -0.39 is 34.9 Å². The number of methoxy groups -OCH3 is 1. The van der Waals surface area contributed by atoms with Gasteiger partial charge in [-0.05, 0) is 31.9 Å². The highest BCUT2D eigenvalue weighted by atomic mass is 16.6. The molecule has 0 saturated carbocycles. The van der Waals surface area contributed by atoms with Gasteiger partial charge in [-0.2, -0.15) is 0 Å². The normalized spacial score (nSPS) is 17.3. The van der Waals surface area contributed by atoms with Gasteiger partial charge in [0.1, 0.15) is 6.04 Å². The van der Waals surface area contributed by atoms with Crippen molar-refractivity contribution < 1.29 is 29.2 Å². The lowest BCUT2D eigenvalue weighted by atomic mass is 10.1. The Morgan fingerprint density at radius 2 is 2.15 bits per heavy atom. The summed E-state index contributed by atoms with van der Waals surface area (Å²) in [6.45, 7) is 1.59. The second kappa shape index (κ2) is 8.58. The first-order valence-electron chi connectivity index (χ1n) is 8.36. The van der Waals surface area contributed by atoms with E-state index in [9.17, 15) is 29.6 Å². The maximum atomic E-state index is 12.7. The van der Waals surface area contributed by atoms with Crippen LogP contribution in [0.15, 0.2) is 18.2 Å². The number of esters is 1. The van der Waals surface area contributed by atoms with Crippen LogP contribution in [0, 0.1) is 17.0 Å². The summed E-state index contributed by atoms with van der Waals surface area (Å²) in [7, 11) is 1.12. The highest BCUT2D eigenvalue weighted by Gasteiger charge is 2.35. The Bertz CT molecular complexity index is 765. The first-order valence-corrected chi connectivity index (χ1v) is 8.36. The van der Waals surface area contributed by atoms with E-state index >= 15 is 0 Å². The predicted octanol–water partition coefficient (Wildman–Crippen LogP) is 0.158. The van der Waals surface area contributed by atoms with Gasteiger partial charge < -0.3 is 20.1 Å². The maximum Gasteiger partial charge on any atom is 0.336 e. The average Bonchev–Trinajstić information content (AvgIpc) is 3.13. The molecule has 0 aliphatic carbocycles. The third kappa shape index (κ3) is 4.59. The van der Waals surface area contributed by atoms with Crippen LogP contribution in [0.5, 0.6) is 0 Å². The van der Waals surface area contributed by atoms with Gasteiger partial charge >= 0.3 is 5.97 Å². The largest absolute Gasteiger partial charge is 0.467 e.